The summed E-state index contributed by atoms with van der Waals surface area (Å²) in [6.45, 7) is 4.10. The number of rotatable bonds is 14. The largest absolute Gasteiger partial charge is 0.493 e. The van der Waals surface area contributed by atoms with Crippen LogP contribution in [0.3, 0.4) is 0 Å². The van der Waals surface area contributed by atoms with Crippen molar-refractivity contribution in [1.29, 1.82) is 0 Å². The summed E-state index contributed by atoms with van der Waals surface area (Å²) >= 11 is 10.3. The van der Waals surface area contributed by atoms with Crippen molar-refractivity contribution in [3.63, 3.8) is 0 Å². The van der Waals surface area contributed by atoms with Crippen molar-refractivity contribution in [3.05, 3.63) is 77.4 Å². The van der Waals surface area contributed by atoms with Gasteiger partial charge in [0.2, 0.25) is 10.0 Å². The van der Waals surface area contributed by atoms with Gasteiger partial charge in [0.25, 0.3) is 0 Å². The molecular formula is C27H31Br3FN3O4S. The lowest BCUT2D eigenvalue weighted by atomic mass is 10.1. The Bertz CT molecular complexity index is 1300. The monoisotopic (exact) mass is 749 g/mol. The van der Waals surface area contributed by atoms with Crippen molar-refractivity contribution in [2.45, 2.75) is 59.9 Å². The first kappa shape index (κ1) is 31.9. The Morgan fingerprint density at radius 3 is 2.03 bits per heavy atom. The zero-order chi connectivity index (χ0) is 28.5. The van der Waals surface area contributed by atoms with Crippen LogP contribution in [0.15, 0.2) is 60.0 Å². The fraction of sp³-hybridized carbons (Fsp3) is 0.407. The fourth-order valence-corrected chi connectivity index (χ4v) is 6.34. The van der Waals surface area contributed by atoms with Crippen molar-refractivity contribution in [3.8, 4) is 11.5 Å². The summed E-state index contributed by atoms with van der Waals surface area (Å²) in [5, 5.41) is 0. The second-order valence-electron chi connectivity index (χ2n) is 8.86. The van der Waals surface area contributed by atoms with Gasteiger partial charge in [-0.3, -0.25) is 0 Å². The summed E-state index contributed by atoms with van der Waals surface area (Å²) in [6.07, 6.45) is 6.47. The van der Waals surface area contributed by atoms with E-state index < -0.39 is 18.8 Å². The highest BCUT2D eigenvalue weighted by atomic mass is 80.0. The summed E-state index contributed by atoms with van der Waals surface area (Å²) in [5.41, 5.74) is 2.12. The quantitative estimate of drug-likeness (QED) is 0.161. The Morgan fingerprint density at radius 2 is 1.49 bits per heavy atom. The van der Waals surface area contributed by atoms with Gasteiger partial charge in [0.15, 0.2) is 0 Å². The second kappa shape index (κ2) is 14.9. The molecule has 0 aliphatic heterocycles. The van der Waals surface area contributed by atoms with E-state index in [-0.39, 0.29) is 23.5 Å². The fourth-order valence-electron chi connectivity index (χ4n) is 3.85. The molecule has 12 heteroatoms. The number of alkyl halides is 4. The zero-order valence-corrected chi connectivity index (χ0v) is 27.3. The van der Waals surface area contributed by atoms with Gasteiger partial charge in [-0.2, -0.15) is 4.31 Å². The lowest BCUT2D eigenvalue weighted by molar-refractivity contribution is 0.286. The molecule has 0 bridgehead atoms. The van der Waals surface area contributed by atoms with E-state index in [0.29, 0.717) is 47.8 Å². The van der Waals surface area contributed by atoms with E-state index in [1.165, 1.54) is 16.7 Å². The van der Waals surface area contributed by atoms with E-state index in [1.54, 1.807) is 24.5 Å². The van der Waals surface area contributed by atoms with Crippen LogP contribution in [0.5, 0.6) is 11.5 Å². The summed E-state index contributed by atoms with van der Waals surface area (Å²) in [7, 11) is -4.13. The molecule has 0 aliphatic carbocycles. The minimum absolute atomic E-state index is 0.00698. The van der Waals surface area contributed by atoms with Crippen LogP contribution >= 0.6 is 47.8 Å². The van der Waals surface area contributed by atoms with Crippen LogP contribution in [-0.2, 0) is 36.2 Å². The van der Waals surface area contributed by atoms with Crippen LogP contribution in [0.1, 0.15) is 48.9 Å². The molecule has 0 N–H and O–H groups in total. The van der Waals surface area contributed by atoms with E-state index in [4.69, 9.17) is 9.47 Å². The molecule has 3 rings (SSSR count). The average molecular weight is 752 g/mol. The molecule has 3 aromatic rings. The Kier molecular flexibility index (Phi) is 12.2. The topological polar surface area (TPSA) is 81.6 Å². The van der Waals surface area contributed by atoms with Crippen LogP contribution in [0.25, 0.3) is 0 Å². The average Bonchev–Trinajstić information content (AvgIpc) is 2.90. The maximum Gasteiger partial charge on any atom is 0.243 e. The Balaban J connectivity index is 2.13. The molecule has 0 saturated heterocycles. The predicted molar refractivity (Wildman–Crippen MR) is 161 cm³/mol. The summed E-state index contributed by atoms with van der Waals surface area (Å²) < 4.78 is 55.0. The summed E-state index contributed by atoms with van der Waals surface area (Å²) in [5.74, 6) is 1.10. The lowest BCUT2D eigenvalue weighted by Gasteiger charge is -2.25. The maximum absolute atomic E-state index is 14.2. The first-order valence-electron chi connectivity index (χ1n) is 12.4. The van der Waals surface area contributed by atoms with Crippen molar-refractivity contribution < 1.29 is 22.3 Å². The number of hydrogen-bond acceptors (Lipinski definition) is 6. The molecule has 2 aromatic carbocycles. The van der Waals surface area contributed by atoms with Gasteiger partial charge in [0, 0.05) is 37.5 Å². The van der Waals surface area contributed by atoms with Crippen molar-refractivity contribution in [2.75, 3.05) is 13.2 Å². The number of benzene rings is 2. The normalized spacial score (nSPS) is 12.1. The van der Waals surface area contributed by atoms with E-state index in [1.807, 2.05) is 32.0 Å². The highest BCUT2D eigenvalue weighted by Crippen LogP contribution is 2.38. The first-order valence-corrected chi connectivity index (χ1v) is 16.3. The summed E-state index contributed by atoms with van der Waals surface area (Å²) in [6, 6.07) is 10.0. The summed E-state index contributed by atoms with van der Waals surface area (Å²) in [4.78, 5) is 8.09. The number of aromatic nitrogens is 2. The number of hydrogen-bond donors (Lipinski definition) is 0. The molecule has 39 heavy (non-hydrogen) atoms. The molecule has 0 unspecified atom stereocenters. The van der Waals surface area contributed by atoms with Crippen LogP contribution in [0.2, 0.25) is 0 Å². The third kappa shape index (κ3) is 9.48. The van der Waals surface area contributed by atoms with Crippen LogP contribution < -0.4 is 9.47 Å². The molecule has 0 saturated carbocycles. The van der Waals surface area contributed by atoms with Gasteiger partial charge in [-0.05, 0) is 48.2 Å². The number of nitrogens with zero attached hydrogens (tertiary/aromatic N) is 3. The molecule has 0 aliphatic rings. The van der Waals surface area contributed by atoms with Gasteiger partial charge in [-0.15, -0.1) is 0 Å². The molecule has 0 spiro atoms. The van der Waals surface area contributed by atoms with Crippen LogP contribution in [0.4, 0.5) is 4.39 Å². The van der Waals surface area contributed by atoms with Crippen molar-refractivity contribution in [2.24, 2.45) is 0 Å². The number of halogens is 4. The lowest BCUT2D eigenvalue weighted by Crippen LogP contribution is -2.31. The molecule has 212 valence electrons. The third-order valence-electron chi connectivity index (χ3n) is 5.54. The maximum atomic E-state index is 14.2. The van der Waals surface area contributed by atoms with Crippen molar-refractivity contribution in [1.82, 2.24) is 14.3 Å². The standard InChI is InChI=1S/C27H31Br3FN3O4S/c1-3-8-37-25-6-5-7-26(38-9-4-2)24(25)18-34(17-22-15-32-19-33-16-22)39(35,36)23-11-20(13-27(28,29)30)10-21(12-23)14-31/h5-7,10-12,15-16,19H,3-4,8-9,13-14,17-18H2,1-2H3. The zero-order valence-electron chi connectivity index (χ0n) is 21.7. The molecular weight excluding hydrogens is 721 g/mol. The van der Waals surface area contributed by atoms with E-state index in [9.17, 15) is 12.8 Å². The smallest absolute Gasteiger partial charge is 0.243 e. The highest BCUT2D eigenvalue weighted by molar-refractivity contribution is 9.39. The SMILES string of the molecule is CCCOc1cccc(OCCC)c1CN(Cc1cncnc1)S(=O)(=O)c1cc(CF)cc(CC(Br)(Br)Br)c1. The molecule has 7 nitrogen and oxygen atoms in total. The van der Waals surface area contributed by atoms with Gasteiger partial charge >= 0.3 is 0 Å². The van der Waals surface area contributed by atoms with Gasteiger partial charge in [-0.1, -0.05) is 73.8 Å². The van der Waals surface area contributed by atoms with Gasteiger partial charge < -0.3 is 9.47 Å². The highest BCUT2D eigenvalue weighted by Gasteiger charge is 2.29. The molecule has 0 atom stereocenters. The van der Waals surface area contributed by atoms with Crippen molar-refractivity contribution >= 4 is 57.8 Å². The van der Waals surface area contributed by atoms with Crippen LogP contribution in [0, 0.1) is 0 Å². The first-order chi connectivity index (χ1) is 18.6. The number of ether oxygens (including phenoxy) is 2. The molecule has 0 radical (unpaired) electrons. The minimum atomic E-state index is -4.13. The molecule has 0 fully saturated rings. The third-order valence-corrected chi connectivity index (χ3v) is 8.15. The predicted octanol–water partition coefficient (Wildman–Crippen LogP) is 7.30. The second-order valence-corrected chi connectivity index (χ2v) is 18.1. The van der Waals surface area contributed by atoms with E-state index >= 15 is 0 Å². The van der Waals surface area contributed by atoms with E-state index in [2.05, 4.69) is 57.8 Å². The van der Waals surface area contributed by atoms with Gasteiger partial charge in [0.05, 0.1) is 23.7 Å². The molecule has 0 amide bonds. The molecule has 1 heterocycles. The van der Waals surface area contributed by atoms with Crippen LogP contribution in [-0.4, -0.2) is 38.0 Å². The Hall–Kier alpha value is -1.60. The van der Waals surface area contributed by atoms with Gasteiger partial charge in [0.1, 0.15) is 26.6 Å². The van der Waals surface area contributed by atoms with Gasteiger partial charge in [-0.25, -0.2) is 22.8 Å². The number of sulfonamides is 1. The Labute approximate surface area is 255 Å². The molecule has 1 aromatic heterocycles. The minimum Gasteiger partial charge on any atom is -0.493 e. The Morgan fingerprint density at radius 1 is 0.897 bits per heavy atom. The van der Waals surface area contributed by atoms with E-state index in [0.717, 1.165) is 12.8 Å².